The number of nitrogens with zero attached hydrogens (tertiary/aromatic N) is 1. The SMILES string of the molecule is C#CC#CCOc1cc2c(cc1OC#CC#CC)-c1cc(OC#CC#CC)c(OC#CC#CC)cc1C21c2ccccc2-c2nccc3cccc1c23. The first-order valence-corrected chi connectivity index (χ1v) is 16.3. The van der Waals surface area contributed by atoms with Crippen LogP contribution in [0.15, 0.2) is 79.0 Å². The smallest absolute Gasteiger partial charge is 0.184 e. The molecule has 0 aliphatic heterocycles. The molecule has 5 nitrogen and oxygen atoms in total. The number of benzene rings is 4. The van der Waals surface area contributed by atoms with Gasteiger partial charge in [0.2, 0.25) is 0 Å². The zero-order chi connectivity index (χ0) is 36.6. The maximum Gasteiger partial charge on any atom is 0.184 e. The molecular weight excluding hydrogens is 655 g/mol. The highest BCUT2D eigenvalue weighted by atomic mass is 16.5. The molecule has 1 unspecified atom stereocenters. The third-order valence-corrected chi connectivity index (χ3v) is 8.71. The van der Waals surface area contributed by atoms with Crippen molar-refractivity contribution in [2.75, 3.05) is 6.61 Å². The van der Waals surface area contributed by atoms with Gasteiger partial charge in [-0.1, -0.05) is 60.2 Å². The van der Waals surface area contributed by atoms with E-state index < -0.39 is 5.41 Å². The van der Waals surface area contributed by atoms with Crippen molar-refractivity contribution in [2.24, 2.45) is 0 Å². The number of hydrogen-bond donors (Lipinski definition) is 0. The average Bonchev–Trinajstić information content (AvgIpc) is 3.45. The Hall–Kier alpha value is -8.03. The Kier molecular flexibility index (Phi) is 9.37. The van der Waals surface area contributed by atoms with Crippen LogP contribution in [0.3, 0.4) is 0 Å². The lowest BCUT2D eigenvalue weighted by molar-refractivity contribution is 0.349. The molecule has 0 bridgehead atoms. The quantitative estimate of drug-likeness (QED) is 0.175. The van der Waals surface area contributed by atoms with Gasteiger partial charge in [-0.3, -0.25) is 4.98 Å². The molecule has 1 heterocycles. The van der Waals surface area contributed by atoms with Crippen molar-refractivity contribution < 1.29 is 18.9 Å². The van der Waals surface area contributed by atoms with E-state index in [1.165, 1.54) is 0 Å². The lowest BCUT2D eigenvalue weighted by Gasteiger charge is -2.39. The normalized spacial score (nSPS) is 12.6. The minimum atomic E-state index is -0.899. The van der Waals surface area contributed by atoms with Crippen molar-refractivity contribution in [3.05, 3.63) is 101 Å². The second kappa shape index (κ2) is 14.8. The molecule has 246 valence electrons. The van der Waals surface area contributed by atoms with Crippen LogP contribution in [0.25, 0.3) is 33.2 Å². The Balaban J connectivity index is 1.61. The number of fused-ring (bicyclic) bond motifs is 9. The van der Waals surface area contributed by atoms with E-state index in [9.17, 15) is 0 Å². The molecular formula is C48H25NO4. The van der Waals surface area contributed by atoms with Gasteiger partial charge in [-0.2, -0.15) is 0 Å². The zero-order valence-electron chi connectivity index (χ0n) is 28.9. The first-order chi connectivity index (χ1) is 26.2. The summed E-state index contributed by atoms with van der Waals surface area (Å²) >= 11 is 0. The molecule has 2 aliphatic carbocycles. The third kappa shape index (κ3) is 5.86. The molecule has 5 aromatic rings. The summed E-state index contributed by atoms with van der Waals surface area (Å²) in [6.07, 6.45) is 15.3. The van der Waals surface area contributed by atoms with Crippen LogP contribution in [0.5, 0.6) is 23.0 Å². The summed E-state index contributed by atoms with van der Waals surface area (Å²) in [5.41, 5.74) is 6.56. The molecule has 0 radical (unpaired) electrons. The van der Waals surface area contributed by atoms with E-state index in [4.69, 9.17) is 30.4 Å². The summed E-state index contributed by atoms with van der Waals surface area (Å²) in [6, 6.07) is 24.4. The van der Waals surface area contributed by atoms with Crippen LogP contribution >= 0.6 is 0 Å². The van der Waals surface area contributed by atoms with Gasteiger partial charge in [-0.05, 0) is 125 Å². The predicted molar refractivity (Wildman–Crippen MR) is 206 cm³/mol. The highest BCUT2D eigenvalue weighted by Gasteiger charge is 2.51. The van der Waals surface area contributed by atoms with Gasteiger partial charge in [-0.15, -0.1) is 6.42 Å². The molecule has 4 aromatic carbocycles. The third-order valence-electron chi connectivity index (χ3n) is 8.71. The van der Waals surface area contributed by atoms with Crippen molar-refractivity contribution in [1.82, 2.24) is 4.98 Å². The van der Waals surface area contributed by atoms with Gasteiger partial charge in [0.05, 0.1) is 11.1 Å². The van der Waals surface area contributed by atoms with Crippen LogP contribution in [0, 0.1) is 95.8 Å². The topological polar surface area (TPSA) is 49.8 Å². The Morgan fingerprint density at radius 1 is 0.585 bits per heavy atom. The number of aromatic nitrogens is 1. The van der Waals surface area contributed by atoms with Crippen LogP contribution in [0.4, 0.5) is 0 Å². The molecule has 0 amide bonds. The van der Waals surface area contributed by atoms with Crippen LogP contribution in [0.1, 0.15) is 43.0 Å². The molecule has 1 spiro atoms. The summed E-state index contributed by atoms with van der Waals surface area (Å²) in [5, 5.41) is 2.08. The Morgan fingerprint density at radius 3 is 1.81 bits per heavy atom. The van der Waals surface area contributed by atoms with Crippen molar-refractivity contribution in [3.63, 3.8) is 0 Å². The van der Waals surface area contributed by atoms with Gasteiger partial charge < -0.3 is 18.9 Å². The molecule has 0 saturated carbocycles. The highest BCUT2D eigenvalue weighted by molar-refractivity contribution is 6.05. The van der Waals surface area contributed by atoms with Crippen LogP contribution in [-0.4, -0.2) is 11.6 Å². The number of ether oxygens (including phenoxy) is 4. The largest absolute Gasteiger partial charge is 0.477 e. The standard InChI is InChI=1S/C48H25NO4/c1-5-9-15-26-50-42-30-36-37-31-43(51-27-16-10-6-2)45(53-29-18-12-8-4)33-41(37)48(40(36)32-44(42)52-28-17-11-7-3)38-22-14-13-21-35(38)47-46-34(24-25-49-47)20-19-23-39(46)48/h3,13-14,19-25,30-33H,28H2,1-2,4H3. The summed E-state index contributed by atoms with van der Waals surface area (Å²) in [7, 11) is 0. The number of terminal acetylenes is 1. The predicted octanol–water partition coefficient (Wildman–Crippen LogP) is 7.68. The van der Waals surface area contributed by atoms with E-state index in [-0.39, 0.29) is 6.61 Å². The van der Waals surface area contributed by atoms with Crippen molar-refractivity contribution >= 4 is 10.8 Å². The lowest BCUT2D eigenvalue weighted by atomic mass is 9.62. The highest BCUT2D eigenvalue weighted by Crippen LogP contribution is 2.64. The fourth-order valence-corrected chi connectivity index (χ4v) is 6.88. The molecule has 0 saturated heterocycles. The van der Waals surface area contributed by atoms with Crippen molar-refractivity contribution in [3.8, 4) is 141 Å². The first kappa shape index (κ1) is 33.5. The molecule has 1 aromatic heterocycles. The van der Waals surface area contributed by atoms with E-state index in [1.807, 2.05) is 48.7 Å². The average molecular weight is 680 g/mol. The van der Waals surface area contributed by atoms with E-state index >= 15 is 0 Å². The van der Waals surface area contributed by atoms with Crippen molar-refractivity contribution in [2.45, 2.75) is 26.2 Å². The minimum Gasteiger partial charge on any atom is -0.477 e. The summed E-state index contributed by atoms with van der Waals surface area (Å²) < 4.78 is 24.3. The van der Waals surface area contributed by atoms with Crippen LogP contribution in [-0.2, 0) is 5.41 Å². The summed E-state index contributed by atoms with van der Waals surface area (Å²) in [5.74, 6) is 33.8. The van der Waals surface area contributed by atoms with Crippen molar-refractivity contribution in [1.29, 1.82) is 0 Å². The molecule has 2 aliphatic rings. The molecule has 5 heteroatoms. The van der Waals surface area contributed by atoms with Gasteiger partial charge >= 0.3 is 0 Å². The second-order valence-electron chi connectivity index (χ2n) is 11.4. The number of hydrogen-bond acceptors (Lipinski definition) is 5. The van der Waals surface area contributed by atoms with E-state index in [2.05, 4.69) is 120 Å². The molecule has 0 N–H and O–H groups in total. The van der Waals surface area contributed by atoms with Gasteiger partial charge in [0.25, 0.3) is 0 Å². The molecule has 1 atom stereocenters. The zero-order valence-corrected chi connectivity index (χ0v) is 28.9. The minimum absolute atomic E-state index is 0.0228. The number of rotatable bonds is 5. The maximum atomic E-state index is 6.26. The monoisotopic (exact) mass is 679 g/mol. The Morgan fingerprint density at radius 2 is 1.17 bits per heavy atom. The van der Waals surface area contributed by atoms with E-state index in [0.717, 1.165) is 55.4 Å². The lowest BCUT2D eigenvalue weighted by Crippen LogP contribution is -2.32. The van der Waals surface area contributed by atoms with Gasteiger partial charge in [0.15, 0.2) is 23.0 Å². The number of pyridine rings is 1. The fraction of sp³-hybridized carbons (Fsp3) is 0.104. The van der Waals surface area contributed by atoms with E-state index in [1.54, 1.807) is 20.8 Å². The fourth-order valence-electron chi connectivity index (χ4n) is 6.88. The van der Waals surface area contributed by atoms with E-state index in [0.29, 0.717) is 23.0 Å². The van der Waals surface area contributed by atoms with Gasteiger partial charge in [-0.25, -0.2) is 0 Å². The second-order valence-corrected chi connectivity index (χ2v) is 11.4. The van der Waals surface area contributed by atoms with Crippen LogP contribution < -0.4 is 18.9 Å². The molecule has 7 rings (SSSR count). The first-order valence-electron chi connectivity index (χ1n) is 16.3. The molecule has 53 heavy (non-hydrogen) atoms. The Labute approximate surface area is 309 Å². The van der Waals surface area contributed by atoms with Gasteiger partial charge in [0.1, 0.15) is 24.9 Å². The Bertz CT molecular complexity index is 2860. The van der Waals surface area contributed by atoms with Crippen LogP contribution in [0.2, 0.25) is 0 Å². The maximum absolute atomic E-state index is 6.26. The van der Waals surface area contributed by atoms with Gasteiger partial charge in [0, 0.05) is 34.9 Å². The summed E-state index contributed by atoms with van der Waals surface area (Å²) in [4.78, 5) is 4.92. The summed E-state index contributed by atoms with van der Waals surface area (Å²) in [6.45, 7) is 5.14. The molecule has 0 fully saturated rings.